The summed E-state index contributed by atoms with van der Waals surface area (Å²) in [6.07, 6.45) is 0.932. The monoisotopic (exact) mass is 322 g/mol. The predicted molar refractivity (Wildman–Crippen MR) is 75.7 cm³/mol. The van der Waals surface area contributed by atoms with Gasteiger partial charge in [0.2, 0.25) is 0 Å². The molecular weight excluding hydrogens is 312 g/mol. The van der Waals surface area contributed by atoms with Crippen molar-refractivity contribution in [3.8, 4) is 6.07 Å². The van der Waals surface area contributed by atoms with Crippen LogP contribution in [-0.4, -0.2) is 16.5 Å². The van der Waals surface area contributed by atoms with Crippen LogP contribution in [0, 0.1) is 18.3 Å². The maximum Gasteiger partial charge on any atom is 0.146 e. The summed E-state index contributed by atoms with van der Waals surface area (Å²) >= 11 is 5.15. The normalized spacial score (nSPS) is 10.1. The number of halogens is 1. The van der Waals surface area contributed by atoms with Crippen molar-refractivity contribution < 1.29 is 0 Å². The second kappa shape index (κ2) is 5.94. The van der Waals surface area contributed by atoms with E-state index in [9.17, 15) is 0 Å². The molecule has 0 aliphatic rings. The van der Waals surface area contributed by atoms with Crippen LogP contribution in [0.25, 0.3) is 0 Å². The molecule has 6 heteroatoms. The quantitative estimate of drug-likeness (QED) is 0.939. The Hall–Kier alpha value is -1.45. The molecule has 0 amide bonds. The largest absolute Gasteiger partial charge is 0.370 e. The van der Waals surface area contributed by atoms with Gasteiger partial charge in [-0.15, -0.1) is 11.3 Å². The molecule has 0 spiro atoms. The van der Waals surface area contributed by atoms with Crippen LogP contribution in [-0.2, 0) is 6.42 Å². The Morgan fingerprint density at radius 3 is 2.94 bits per heavy atom. The van der Waals surface area contributed by atoms with Gasteiger partial charge in [-0.05, 0) is 35.3 Å². The molecule has 0 aliphatic heterocycles. The lowest BCUT2D eigenvalue weighted by molar-refractivity contribution is 0.986. The van der Waals surface area contributed by atoms with Gasteiger partial charge in [0.05, 0.1) is 0 Å². The summed E-state index contributed by atoms with van der Waals surface area (Å²) in [6, 6.07) is 5.80. The predicted octanol–water partition coefficient (Wildman–Crippen LogP) is 3.14. The zero-order chi connectivity index (χ0) is 13.0. The fraction of sp³-hybridized carbons (Fsp3) is 0.250. The molecule has 2 heterocycles. The molecule has 0 fully saturated rings. The first-order valence-corrected chi connectivity index (χ1v) is 7.07. The number of hydrogen-bond acceptors (Lipinski definition) is 5. The van der Waals surface area contributed by atoms with Crippen molar-refractivity contribution in [1.82, 2.24) is 9.97 Å². The van der Waals surface area contributed by atoms with Crippen LogP contribution >= 0.6 is 27.3 Å². The Labute approximate surface area is 118 Å². The number of nitrogens with one attached hydrogen (secondary N) is 1. The molecule has 92 valence electrons. The minimum atomic E-state index is 0.392. The lowest BCUT2D eigenvalue weighted by Gasteiger charge is -2.05. The molecule has 0 radical (unpaired) electrons. The molecule has 0 aliphatic carbocycles. The molecule has 0 aromatic carbocycles. The first kappa shape index (κ1) is 13.0. The molecule has 0 saturated heterocycles. The molecule has 2 aromatic rings. The van der Waals surface area contributed by atoms with Gasteiger partial charge in [0, 0.05) is 27.3 Å². The highest BCUT2D eigenvalue weighted by Crippen LogP contribution is 2.20. The van der Waals surface area contributed by atoms with Gasteiger partial charge in [0.15, 0.2) is 0 Å². The number of nitriles is 1. The fourth-order valence-electron chi connectivity index (χ4n) is 1.51. The summed E-state index contributed by atoms with van der Waals surface area (Å²) in [5.41, 5.74) is 0.392. The second-order valence-electron chi connectivity index (χ2n) is 3.71. The van der Waals surface area contributed by atoms with Gasteiger partial charge in [0.25, 0.3) is 0 Å². The molecule has 0 unspecified atom stereocenters. The molecule has 1 N–H and O–H groups in total. The van der Waals surface area contributed by atoms with Crippen molar-refractivity contribution in [3.05, 3.63) is 38.4 Å². The van der Waals surface area contributed by atoms with Gasteiger partial charge in [-0.2, -0.15) is 5.26 Å². The Morgan fingerprint density at radius 1 is 1.44 bits per heavy atom. The highest BCUT2D eigenvalue weighted by molar-refractivity contribution is 9.10. The van der Waals surface area contributed by atoms with Crippen LogP contribution in [0.3, 0.4) is 0 Å². The van der Waals surface area contributed by atoms with Gasteiger partial charge in [-0.1, -0.05) is 0 Å². The lowest BCUT2D eigenvalue weighted by atomic mass is 10.3. The maximum absolute atomic E-state index is 8.82. The third kappa shape index (κ3) is 3.52. The van der Waals surface area contributed by atoms with E-state index < -0.39 is 0 Å². The van der Waals surface area contributed by atoms with Crippen molar-refractivity contribution in [2.24, 2.45) is 0 Å². The summed E-state index contributed by atoms with van der Waals surface area (Å²) < 4.78 is 1.12. The molecular formula is C12H11BrN4S. The number of rotatable bonds is 4. The molecule has 0 atom stereocenters. The summed E-state index contributed by atoms with van der Waals surface area (Å²) in [5, 5.41) is 14.1. The number of aryl methyl sites for hydroxylation is 1. The minimum Gasteiger partial charge on any atom is -0.370 e. The fourth-order valence-corrected chi connectivity index (χ4v) is 2.97. The number of hydrogen-bond donors (Lipinski definition) is 1. The van der Waals surface area contributed by atoms with Crippen molar-refractivity contribution in [3.63, 3.8) is 0 Å². The van der Waals surface area contributed by atoms with E-state index in [1.54, 1.807) is 24.3 Å². The summed E-state index contributed by atoms with van der Waals surface area (Å²) in [7, 11) is 0. The average molecular weight is 323 g/mol. The molecule has 0 bridgehead atoms. The maximum atomic E-state index is 8.82. The highest BCUT2D eigenvalue weighted by atomic mass is 79.9. The first-order valence-electron chi connectivity index (χ1n) is 5.40. The smallest absolute Gasteiger partial charge is 0.146 e. The zero-order valence-corrected chi connectivity index (χ0v) is 12.2. The second-order valence-corrected chi connectivity index (χ2v) is 5.62. The van der Waals surface area contributed by atoms with Crippen molar-refractivity contribution in [1.29, 1.82) is 5.26 Å². The Kier molecular flexibility index (Phi) is 4.28. The zero-order valence-electron chi connectivity index (χ0n) is 9.77. The molecule has 4 nitrogen and oxygen atoms in total. The number of anilines is 1. The molecule has 2 aromatic heterocycles. The SMILES string of the molecule is Cc1nc(C#N)cc(NCCc2cc(Br)cs2)n1. The molecule has 18 heavy (non-hydrogen) atoms. The Balaban J connectivity index is 1.94. The number of aromatic nitrogens is 2. The van der Waals surface area contributed by atoms with E-state index in [-0.39, 0.29) is 0 Å². The Morgan fingerprint density at radius 2 is 2.28 bits per heavy atom. The highest BCUT2D eigenvalue weighted by Gasteiger charge is 2.02. The van der Waals surface area contributed by atoms with Crippen LogP contribution in [0.5, 0.6) is 0 Å². The van der Waals surface area contributed by atoms with E-state index in [0.717, 1.165) is 17.4 Å². The summed E-state index contributed by atoms with van der Waals surface area (Å²) in [5.74, 6) is 1.31. The summed E-state index contributed by atoms with van der Waals surface area (Å²) in [4.78, 5) is 9.55. The van der Waals surface area contributed by atoms with Crippen molar-refractivity contribution in [2.45, 2.75) is 13.3 Å². The summed E-state index contributed by atoms with van der Waals surface area (Å²) in [6.45, 7) is 2.57. The first-order chi connectivity index (χ1) is 8.67. The molecule has 0 saturated carbocycles. The van der Waals surface area contributed by atoms with Crippen LogP contribution < -0.4 is 5.32 Å². The third-order valence-corrected chi connectivity index (χ3v) is 4.01. The van der Waals surface area contributed by atoms with Crippen molar-refractivity contribution in [2.75, 3.05) is 11.9 Å². The minimum absolute atomic E-state index is 0.392. The van der Waals surface area contributed by atoms with Gasteiger partial charge in [0.1, 0.15) is 23.4 Å². The van der Waals surface area contributed by atoms with Gasteiger partial charge in [-0.25, -0.2) is 9.97 Å². The van der Waals surface area contributed by atoms with E-state index in [4.69, 9.17) is 5.26 Å². The Bertz CT molecular complexity index is 588. The third-order valence-electron chi connectivity index (χ3n) is 2.25. The van der Waals surface area contributed by atoms with Crippen LogP contribution in [0.2, 0.25) is 0 Å². The number of thiophene rings is 1. The van der Waals surface area contributed by atoms with Crippen LogP contribution in [0.15, 0.2) is 22.0 Å². The number of nitrogens with zero attached hydrogens (tertiary/aromatic N) is 3. The van der Waals surface area contributed by atoms with E-state index in [1.807, 2.05) is 6.07 Å². The van der Waals surface area contributed by atoms with E-state index in [0.29, 0.717) is 17.3 Å². The standard InChI is InChI=1S/C12H11BrN4S/c1-8-16-10(6-14)5-12(17-8)15-3-2-11-4-9(13)7-18-11/h4-5,7H,2-3H2,1H3,(H,15,16,17). The van der Waals surface area contributed by atoms with Gasteiger partial charge in [-0.3, -0.25) is 0 Å². The van der Waals surface area contributed by atoms with Crippen LogP contribution in [0.1, 0.15) is 16.4 Å². The van der Waals surface area contributed by atoms with Crippen molar-refractivity contribution >= 4 is 33.1 Å². The van der Waals surface area contributed by atoms with E-state index >= 15 is 0 Å². The average Bonchev–Trinajstić information content (AvgIpc) is 2.74. The van der Waals surface area contributed by atoms with Gasteiger partial charge < -0.3 is 5.32 Å². The van der Waals surface area contributed by atoms with Crippen LogP contribution in [0.4, 0.5) is 5.82 Å². The lowest BCUT2D eigenvalue weighted by Crippen LogP contribution is -2.07. The van der Waals surface area contributed by atoms with E-state index in [2.05, 4.69) is 42.7 Å². The topological polar surface area (TPSA) is 61.6 Å². The van der Waals surface area contributed by atoms with Gasteiger partial charge >= 0.3 is 0 Å². The molecule has 2 rings (SSSR count). The van der Waals surface area contributed by atoms with E-state index in [1.165, 1.54) is 4.88 Å².